The van der Waals surface area contributed by atoms with Gasteiger partial charge in [0, 0.05) is 23.6 Å². The summed E-state index contributed by atoms with van der Waals surface area (Å²) in [5, 5.41) is 0.811. The molecule has 0 radical (unpaired) electrons. The second-order valence-corrected chi connectivity index (χ2v) is 6.21. The first-order valence-electron chi connectivity index (χ1n) is 8.43. The Kier molecular flexibility index (Phi) is 4.39. The van der Waals surface area contributed by atoms with Gasteiger partial charge in [-0.3, -0.25) is 25.9 Å². The summed E-state index contributed by atoms with van der Waals surface area (Å²) in [6.07, 6.45) is 1.64. The second kappa shape index (κ2) is 6.99. The van der Waals surface area contributed by atoms with E-state index in [1.807, 2.05) is 54.6 Å². The molecule has 1 aliphatic rings. The van der Waals surface area contributed by atoms with Gasteiger partial charge in [-0.1, -0.05) is 48.5 Å². The molecule has 132 valence electrons. The number of hydrogen-bond donors (Lipinski definition) is 5. The van der Waals surface area contributed by atoms with Crippen molar-refractivity contribution < 1.29 is 9.59 Å². The van der Waals surface area contributed by atoms with Crippen molar-refractivity contribution in [2.45, 2.75) is 6.04 Å². The zero-order valence-corrected chi connectivity index (χ0v) is 14.0. The fraction of sp³-hybridized carbons (Fsp3) is 0.158. The third-order valence-corrected chi connectivity index (χ3v) is 4.61. The maximum absolute atomic E-state index is 12.6. The maximum Gasteiger partial charge on any atom is 0.271 e. The Bertz CT molecular complexity index is 937. The number of H-pyrrole nitrogens is 1. The minimum Gasteiger partial charge on any atom is -0.360 e. The predicted molar refractivity (Wildman–Crippen MR) is 97.7 cm³/mol. The van der Waals surface area contributed by atoms with Crippen LogP contribution in [0.3, 0.4) is 0 Å². The zero-order valence-electron chi connectivity index (χ0n) is 14.0. The van der Waals surface area contributed by atoms with E-state index in [1.54, 1.807) is 6.20 Å². The van der Waals surface area contributed by atoms with Crippen molar-refractivity contribution in [1.29, 1.82) is 0 Å². The van der Waals surface area contributed by atoms with Crippen LogP contribution in [0.4, 0.5) is 0 Å². The average molecular weight is 349 g/mol. The topological polar surface area (TPSA) is 98.1 Å². The molecule has 2 atom stereocenters. The summed E-state index contributed by atoms with van der Waals surface area (Å²) < 4.78 is 0. The van der Waals surface area contributed by atoms with Gasteiger partial charge in [0.1, 0.15) is 0 Å². The normalized spacial score (nSPS) is 19.4. The molecule has 7 nitrogen and oxygen atoms in total. The highest BCUT2D eigenvalue weighted by molar-refractivity contribution is 6.07. The Balaban J connectivity index is 1.42. The Labute approximate surface area is 150 Å². The molecular formula is C19H19N5O2. The van der Waals surface area contributed by atoms with Gasteiger partial charge in [0.25, 0.3) is 5.91 Å². The molecule has 7 heteroatoms. The summed E-state index contributed by atoms with van der Waals surface area (Å²) in [6, 6.07) is 17.1. The second-order valence-electron chi connectivity index (χ2n) is 6.21. The number of benzene rings is 2. The van der Waals surface area contributed by atoms with E-state index in [2.05, 4.69) is 26.7 Å². The molecule has 4 rings (SSSR count). The summed E-state index contributed by atoms with van der Waals surface area (Å²) in [7, 11) is 0. The van der Waals surface area contributed by atoms with Crippen LogP contribution in [0.1, 0.15) is 22.0 Å². The van der Waals surface area contributed by atoms with Crippen LogP contribution in [0.25, 0.3) is 10.9 Å². The summed E-state index contributed by atoms with van der Waals surface area (Å²) in [5.41, 5.74) is 13.6. The molecule has 1 saturated heterocycles. The van der Waals surface area contributed by atoms with E-state index in [0.29, 0.717) is 12.1 Å². The van der Waals surface area contributed by atoms with Crippen molar-refractivity contribution in [2.75, 3.05) is 6.54 Å². The Hall–Kier alpha value is -3.16. The molecule has 3 aromatic rings. The summed E-state index contributed by atoms with van der Waals surface area (Å²) in [5.74, 6) is -0.934. The summed E-state index contributed by atoms with van der Waals surface area (Å²) in [4.78, 5) is 28.0. The lowest BCUT2D eigenvalue weighted by Crippen LogP contribution is -2.46. The smallest absolute Gasteiger partial charge is 0.271 e. The van der Waals surface area contributed by atoms with Crippen molar-refractivity contribution >= 4 is 22.7 Å². The van der Waals surface area contributed by atoms with Crippen LogP contribution >= 0.6 is 0 Å². The van der Waals surface area contributed by atoms with Crippen molar-refractivity contribution in [3.05, 3.63) is 71.9 Å². The first kappa shape index (κ1) is 16.3. The Morgan fingerprint density at radius 3 is 2.58 bits per heavy atom. The van der Waals surface area contributed by atoms with E-state index >= 15 is 0 Å². The molecule has 2 amide bonds. The molecule has 0 bridgehead atoms. The van der Waals surface area contributed by atoms with Crippen LogP contribution in [0.15, 0.2) is 60.8 Å². The molecule has 1 aromatic heterocycles. The fourth-order valence-electron chi connectivity index (χ4n) is 3.26. The standard InChI is InChI=1S/C19H19N5O2/c25-18(14-10-20-16-9-5-4-8-13(14)16)23-24-19(26)15-11-21-22-17(15)12-6-2-1-3-7-12/h1-10,15,17,20-22H,11H2,(H,23,25)(H,24,26). The van der Waals surface area contributed by atoms with E-state index in [9.17, 15) is 9.59 Å². The van der Waals surface area contributed by atoms with Crippen molar-refractivity contribution in [1.82, 2.24) is 26.7 Å². The minimum atomic E-state index is -0.356. The number of carbonyl (C=O) groups excluding carboxylic acids is 2. The van der Waals surface area contributed by atoms with Gasteiger partial charge >= 0.3 is 0 Å². The lowest BCUT2D eigenvalue weighted by atomic mass is 9.94. The van der Waals surface area contributed by atoms with E-state index in [-0.39, 0.29) is 23.8 Å². The molecule has 1 aliphatic heterocycles. The molecule has 26 heavy (non-hydrogen) atoms. The average Bonchev–Trinajstić information content (AvgIpc) is 3.33. The minimum absolute atomic E-state index is 0.152. The largest absolute Gasteiger partial charge is 0.360 e. The van der Waals surface area contributed by atoms with Gasteiger partial charge in [0.2, 0.25) is 5.91 Å². The number of aromatic nitrogens is 1. The number of rotatable bonds is 3. The number of hydrogen-bond acceptors (Lipinski definition) is 4. The SMILES string of the molecule is O=C(NNC(=O)C1CNNC1c1ccccc1)c1c[nH]c2ccccc12. The Morgan fingerprint density at radius 2 is 1.73 bits per heavy atom. The number of carbonyl (C=O) groups is 2. The highest BCUT2D eigenvalue weighted by atomic mass is 16.2. The highest BCUT2D eigenvalue weighted by Crippen LogP contribution is 2.24. The van der Waals surface area contributed by atoms with Gasteiger partial charge in [-0.05, 0) is 11.6 Å². The highest BCUT2D eigenvalue weighted by Gasteiger charge is 2.34. The van der Waals surface area contributed by atoms with Crippen LogP contribution in [-0.2, 0) is 4.79 Å². The Morgan fingerprint density at radius 1 is 0.962 bits per heavy atom. The van der Waals surface area contributed by atoms with Gasteiger partial charge < -0.3 is 4.98 Å². The molecule has 0 aliphatic carbocycles. The zero-order chi connectivity index (χ0) is 17.9. The number of fused-ring (bicyclic) bond motifs is 1. The van der Waals surface area contributed by atoms with Crippen LogP contribution in [0, 0.1) is 5.92 Å². The van der Waals surface area contributed by atoms with Gasteiger partial charge in [-0.2, -0.15) is 0 Å². The lowest BCUT2D eigenvalue weighted by molar-refractivity contribution is -0.125. The van der Waals surface area contributed by atoms with Gasteiger partial charge in [0.15, 0.2) is 0 Å². The first-order valence-corrected chi connectivity index (χ1v) is 8.43. The molecule has 0 saturated carbocycles. The number of nitrogens with one attached hydrogen (secondary N) is 5. The first-order chi connectivity index (χ1) is 12.7. The van der Waals surface area contributed by atoms with Crippen molar-refractivity contribution in [2.24, 2.45) is 5.92 Å². The maximum atomic E-state index is 12.6. The molecule has 2 heterocycles. The van der Waals surface area contributed by atoms with Gasteiger partial charge in [0.05, 0.1) is 17.5 Å². The predicted octanol–water partition coefficient (Wildman–Crippen LogP) is 1.39. The monoisotopic (exact) mass is 349 g/mol. The van der Waals surface area contributed by atoms with Gasteiger partial charge in [-0.25, -0.2) is 5.43 Å². The van der Waals surface area contributed by atoms with Crippen LogP contribution in [0.5, 0.6) is 0 Å². The third-order valence-electron chi connectivity index (χ3n) is 4.61. The number of amides is 2. The third kappa shape index (κ3) is 3.05. The molecule has 0 spiro atoms. The summed E-state index contributed by atoms with van der Waals surface area (Å²) >= 11 is 0. The molecular weight excluding hydrogens is 330 g/mol. The summed E-state index contributed by atoms with van der Waals surface area (Å²) in [6.45, 7) is 0.481. The van der Waals surface area contributed by atoms with Gasteiger partial charge in [-0.15, -0.1) is 0 Å². The molecule has 2 aromatic carbocycles. The van der Waals surface area contributed by atoms with E-state index in [0.717, 1.165) is 16.5 Å². The van der Waals surface area contributed by atoms with Crippen molar-refractivity contribution in [3.63, 3.8) is 0 Å². The number of para-hydroxylation sites is 1. The fourth-order valence-corrected chi connectivity index (χ4v) is 3.26. The molecule has 2 unspecified atom stereocenters. The van der Waals surface area contributed by atoms with Crippen LogP contribution in [-0.4, -0.2) is 23.3 Å². The van der Waals surface area contributed by atoms with Crippen LogP contribution < -0.4 is 21.7 Å². The molecule has 5 N–H and O–H groups in total. The van der Waals surface area contributed by atoms with Crippen LogP contribution in [0.2, 0.25) is 0 Å². The van der Waals surface area contributed by atoms with E-state index < -0.39 is 0 Å². The van der Waals surface area contributed by atoms with E-state index in [1.165, 1.54) is 0 Å². The lowest BCUT2D eigenvalue weighted by Gasteiger charge is -2.18. The van der Waals surface area contributed by atoms with Crippen molar-refractivity contribution in [3.8, 4) is 0 Å². The number of aromatic amines is 1. The molecule has 1 fully saturated rings. The quantitative estimate of drug-likeness (QED) is 0.462. The van der Waals surface area contributed by atoms with E-state index in [4.69, 9.17) is 0 Å². The number of hydrazine groups is 2.